The van der Waals surface area contributed by atoms with Crippen molar-refractivity contribution in [3.05, 3.63) is 204 Å². The van der Waals surface area contributed by atoms with Crippen molar-refractivity contribution in [3.8, 4) is 27.9 Å². The summed E-state index contributed by atoms with van der Waals surface area (Å²) in [6.07, 6.45) is 34.6. The van der Waals surface area contributed by atoms with Gasteiger partial charge in [-0.2, -0.15) is 0 Å². The molecule has 0 saturated heterocycles. The van der Waals surface area contributed by atoms with E-state index in [9.17, 15) is 0 Å². The third-order valence-corrected chi connectivity index (χ3v) is 11.2. The Labute approximate surface area is 336 Å². The van der Waals surface area contributed by atoms with Crippen LogP contribution in [0.4, 0.5) is 0 Å². The Morgan fingerprint density at radius 1 is 0.561 bits per heavy atom. The summed E-state index contributed by atoms with van der Waals surface area (Å²) in [6.45, 7) is 4.33. The summed E-state index contributed by atoms with van der Waals surface area (Å²) in [5.41, 5.74) is 17.0. The van der Waals surface area contributed by atoms with Gasteiger partial charge in [0.1, 0.15) is 0 Å². The Balaban J connectivity index is 1.19. The van der Waals surface area contributed by atoms with E-state index in [0.717, 1.165) is 37.8 Å². The van der Waals surface area contributed by atoms with E-state index in [1.165, 1.54) is 83.1 Å². The van der Waals surface area contributed by atoms with E-state index in [1.54, 1.807) is 0 Å². The molecule has 2 heterocycles. The normalized spacial score (nSPS) is 14.9. The number of rotatable bonds is 10. The molecular weight excluding hydrogens is 689 g/mol. The van der Waals surface area contributed by atoms with Crippen LogP contribution in [0.2, 0.25) is 0 Å². The minimum atomic E-state index is 0.934. The van der Waals surface area contributed by atoms with Gasteiger partial charge in [-0.05, 0) is 114 Å². The van der Waals surface area contributed by atoms with Crippen LogP contribution in [0.25, 0.3) is 78.6 Å². The highest BCUT2D eigenvalue weighted by molar-refractivity contribution is 6.21. The molecule has 0 bridgehead atoms. The smallest absolute Gasteiger partial charge is 0.0803 e. The molecule has 57 heavy (non-hydrogen) atoms. The molecule has 2 nitrogen and oxygen atoms in total. The summed E-state index contributed by atoms with van der Waals surface area (Å²) in [4.78, 5) is 0. The van der Waals surface area contributed by atoms with Crippen molar-refractivity contribution in [2.24, 2.45) is 0 Å². The first kappa shape index (κ1) is 36.0. The number of para-hydroxylation sites is 1. The molecule has 0 spiro atoms. The molecule has 0 atom stereocenters. The number of aromatic nitrogens is 2. The molecule has 2 heteroatoms. The van der Waals surface area contributed by atoms with Crippen LogP contribution in [0.15, 0.2) is 193 Å². The second kappa shape index (κ2) is 16.2. The van der Waals surface area contributed by atoms with E-state index in [1.807, 2.05) is 0 Å². The van der Waals surface area contributed by atoms with Crippen LogP contribution in [-0.4, -0.2) is 9.13 Å². The largest absolute Gasteiger partial charge is 0.307 e. The van der Waals surface area contributed by atoms with Gasteiger partial charge >= 0.3 is 0 Å². The Morgan fingerprint density at radius 3 is 1.63 bits per heavy atom. The fourth-order valence-corrected chi connectivity index (χ4v) is 8.34. The molecule has 2 aliphatic carbocycles. The first-order valence-corrected chi connectivity index (χ1v) is 20.5. The number of allylic oxidation sites excluding steroid dienone is 14. The van der Waals surface area contributed by atoms with E-state index < -0.39 is 0 Å². The minimum Gasteiger partial charge on any atom is -0.307 e. The standard InChI is InChI=1S/C55H48N2/c1-3-14-48(15-4-2)56-52-38-46(44-30-26-42(27-31-44)24-22-40-16-8-5-9-17-40)34-36-50(52)55-54(56)51-37-35-47(39-53(51)57(55)49-20-12-7-13-21-49)45-32-28-43(29-33-45)25-23-41-18-10-6-11-19-41/h3,7-8,10,12-39H,4-6,9,11H2,1-2H3/b14-3-,24-22+,25-23+,48-15+. The molecular formula is C55H48N2. The average Bonchev–Trinajstić information content (AvgIpc) is 3.78. The lowest BCUT2D eigenvalue weighted by atomic mass is 10.0. The Hall–Kier alpha value is -6.64. The number of benzene rings is 5. The average molecular weight is 737 g/mol. The van der Waals surface area contributed by atoms with Crippen LogP contribution in [0.3, 0.4) is 0 Å². The van der Waals surface area contributed by atoms with E-state index in [2.05, 4.69) is 217 Å². The van der Waals surface area contributed by atoms with Crippen molar-refractivity contribution < 1.29 is 0 Å². The van der Waals surface area contributed by atoms with Crippen molar-refractivity contribution in [3.63, 3.8) is 0 Å². The van der Waals surface area contributed by atoms with Crippen LogP contribution in [0.5, 0.6) is 0 Å². The number of fused-ring (bicyclic) bond motifs is 5. The summed E-state index contributed by atoms with van der Waals surface area (Å²) in [7, 11) is 0. The quantitative estimate of drug-likeness (QED) is 0.124. The van der Waals surface area contributed by atoms with Crippen molar-refractivity contribution in [2.45, 2.75) is 46.0 Å². The fourth-order valence-electron chi connectivity index (χ4n) is 8.34. The van der Waals surface area contributed by atoms with E-state index in [4.69, 9.17) is 0 Å². The molecule has 0 unspecified atom stereocenters. The van der Waals surface area contributed by atoms with Gasteiger partial charge in [0, 0.05) is 22.2 Å². The molecule has 0 aliphatic heterocycles. The Kier molecular flexibility index (Phi) is 10.3. The molecule has 278 valence electrons. The molecule has 0 N–H and O–H groups in total. The second-order valence-corrected chi connectivity index (χ2v) is 15.0. The third kappa shape index (κ3) is 7.28. The van der Waals surface area contributed by atoms with Crippen molar-refractivity contribution in [1.29, 1.82) is 0 Å². The summed E-state index contributed by atoms with van der Waals surface area (Å²) in [5.74, 6) is 0. The molecule has 7 aromatic rings. The zero-order valence-corrected chi connectivity index (χ0v) is 32.9. The highest BCUT2D eigenvalue weighted by Gasteiger charge is 2.23. The lowest BCUT2D eigenvalue weighted by molar-refractivity contribution is 1.03. The van der Waals surface area contributed by atoms with Gasteiger partial charge in [-0.15, -0.1) is 0 Å². The zero-order chi connectivity index (χ0) is 38.6. The first-order valence-electron chi connectivity index (χ1n) is 20.5. The molecule has 0 radical (unpaired) electrons. The SMILES string of the molecule is C/C=C\C(=C/CC)n1c2cc(-c3ccc(/C=C/C4=CCCC=C4)cc3)ccc2c2c1c1ccc(-c3ccc(/C=C/C4=CCCC=C4)cc3)cc1n2-c1ccccc1. The Morgan fingerprint density at radius 2 is 1.11 bits per heavy atom. The summed E-state index contributed by atoms with van der Waals surface area (Å²) in [5, 5.41) is 2.46. The van der Waals surface area contributed by atoms with Gasteiger partial charge in [-0.1, -0.05) is 171 Å². The van der Waals surface area contributed by atoms with Gasteiger partial charge in [0.25, 0.3) is 0 Å². The van der Waals surface area contributed by atoms with Crippen LogP contribution in [0, 0.1) is 0 Å². The van der Waals surface area contributed by atoms with Gasteiger partial charge < -0.3 is 9.13 Å². The van der Waals surface area contributed by atoms with Crippen molar-refractivity contribution >= 4 is 50.7 Å². The molecule has 0 amide bonds. The van der Waals surface area contributed by atoms with E-state index in [0.29, 0.717) is 0 Å². The van der Waals surface area contributed by atoms with Gasteiger partial charge in [-0.25, -0.2) is 0 Å². The lowest BCUT2D eigenvalue weighted by Crippen LogP contribution is -1.95. The van der Waals surface area contributed by atoms with Crippen LogP contribution >= 0.6 is 0 Å². The zero-order valence-electron chi connectivity index (χ0n) is 32.9. The monoisotopic (exact) mass is 736 g/mol. The molecule has 0 saturated carbocycles. The second-order valence-electron chi connectivity index (χ2n) is 15.0. The van der Waals surface area contributed by atoms with Gasteiger partial charge in [0.15, 0.2) is 0 Å². The van der Waals surface area contributed by atoms with E-state index >= 15 is 0 Å². The number of hydrogen-bond acceptors (Lipinski definition) is 0. The summed E-state index contributed by atoms with van der Waals surface area (Å²) >= 11 is 0. The molecule has 2 aromatic heterocycles. The minimum absolute atomic E-state index is 0.934. The fraction of sp³-hybridized carbons (Fsp3) is 0.127. The predicted molar refractivity (Wildman–Crippen MR) is 248 cm³/mol. The third-order valence-electron chi connectivity index (χ3n) is 11.2. The lowest BCUT2D eigenvalue weighted by Gasteiger charge is -2.12. The van der Waals surface area contributed by atoms with Crippen molar-refractivity contribution in [2.75, 3.05) is 0 Å². The topological polar surface area (TPSA) is 9.86 Å². The van der Waals surface area contributed by atoms with Crippen LogP contribution in [-0.2, 0) is 0 Å². The number of hydrogen-bond donors (Lipinski definition) is 0. The summed E-state index contributed by atoms with van der Waals surface area (Å²) < 4.78 is 4.98. The molecule has 0 fully saturated rings. The summed E-state index contributed by atoms with van der Waals surface area (Å²) in [6, 6.07) is 42.8. The highest BCUT2D eigenvalue weighted by atomic mass is 15.1. The van der Waals surface area contributed by atoms with Crippen LogP contribution in [0.1, 0.15) is 57.1 Å². The van der Waals surface area contributed by atoms with Gasteiger partial charge in [0.2, 0.25) is 0 Å². The predicted octanol–water partition coefficient (Wildman–Crippen LogP) is 15.5. The maximum Gasteiger partial charge on any atom is 0.0803 e. The van der Waals surface area contributed by atoms with Gasteiger partial charge in [-0.3, -0.25) is 0 Å². The maximum absolute atomic E-state index is 2.50. The molecule has 5 aromatic carbocycles. The first-order chi connectivity index (χ1) is 28.2. The highest BCUT2D eigenvalue weighted by Crippen LogP contribution is 2.43. The van der Waals surface area contributed by atoms with E-state index in [-0.39, 0.29) is 0 Å². The number of nitrogens with zero attached hydrogens (tertiary/aromatic N) is 2. The van der Waals surface area contributed by atoms with Crippen LogP contribution < -0.4 is 0 Å². The van der Waals surface area contributed by atoms with Crippen molar-refractivity contribution in [1.82, 2.24) is 9.13 Å². The maximum atomic E-state index is 2.50. The Bertz CT molecular complexity index is 2830. The van der Waals surface area contributed by atoms with Gasteiger partial charge in [0.05, 0.1) is 22.1 Å². The molecule has 9 rings (SSSR count). The molecule has 2 aliphatic rings.